The highest BCUT2D eigenvalue weighted by molar-refractivity contribution is 9.10. The van der Waals surface area contributed by atoms with Crippen molar-refractivity contribution in [3.63, 3.8) is 0 Å². The predicted octanol–water partition coefficient (Wildman–Crippen LogP) is 4.45. The summed E-state index contributed by atoms with van der Waals surface area (Å²) in [5.74, 6) is -1.91. The molecule has 0 radical (unpaired) electrons. The summed E-state index contributed by atoms with van der Waals surface area (Å²) in [6.45, 7) is 1.49. The number of aliphatic hydroxyl groups is 1. The Balaban J connectivity index is 2.30. The van der Waals surface area contributed by atoms with Gasteiger partial charge in [-0.25, -0.2) is 13.2 Å². The Labute approximate surface area is 123 Å². The summed E-state index contributed by atoms with van der Waals surface area (Å²) in [6, 6.07) is 6.07. The van der Waals surface area contributed by atoms with E-state index in [2.05, 4.69) is 15.9 Å². The van der Waals surface area contributed by atoms with E-state index in [9.17, 15) is 18.3 Å². The average Bonchev–Trinajstić information content (AvgIpc) is 2.38. The van der Waals surface area contributed by atoms with Crippen LogP contribution in [0.3, 0.4) is 0 Å². The quantitative estimate of drug-likeness (QED) is 0.871. The highest BCUT2D eigenvalue weighted by atomic mass is 79.9. The van der Waals surface area contributed by atoms with Crippen molar-refractivity contribution in [2.45, 2.75) is 19.4 Å². The molecule has 1 unspecified atom stereocenters. The van der Waals surface area contributed by atoms with E-state index in [-0.39, 0.29) is 17.5 Å². The molecule has 0 aliphatic carbocycles. The summed E-state index contributed by atoms with van der Waals surface area (Å²) in [5, 5.41) is 10.1. The smallest absolute Gasteiger partial charge is 0.131 e. The summed E-state index contributed by atoms with van der Waals surface area (Å²) in [4.78, 5) is 0. The molecule has 0 amide bonds. The van der Waals surface area contributed by atoms with Crippen molar-refractivity contribution in [3.8, 4) is 0 Å². The minimum atomic E-state index is -1.17. The van der Waals surface area contributed by atoms with Gasteiger partial charge in [-0.1, -0.05) is 15.9 Å². The summed E-state index contributed by atoms with van der Waals surface area (Å²) in [7, 11) is 0. The first-order valence-electron chi connectivity index (χ1n) is 5.96. The lowest BCUT2D eigenvalue weighted by Gasteiger charge is -2.14. The van der Waals surface area contributed by atoms with E-state index >= 15 is 0 Å². The molecule has 2 aromatic carbocycles. The maximum atomic E-state index is 13.7. The zero-order chi connectivity index (χ0) is 14.9. The van der Waals surface area contributed by atoms with Gasteiger partial charge in [0.05, 0.1) is 6.10 Å². The molecule has 0 aliphatic rings. The Hall–Kier alpha value is -1.33. The van der Waals surface area contributed by atoms with Crippen LogP contribution in [0.5, 0.6) is 0 Å². The Bertz CT molecular complexity index is 643. The van der Waals surface area contributed by atoms with Crippen LogP contribution < -0.4 is 0 Å². The van der Waals surface area contributed by atoms with Crippen LogP contribution in [0, 0.1) is 24.4 Å². The molecule has 20 heavy (non-hydrogen) atoms. The van der Waals surface area contributed by atoms with Gasteiger partial charge < -0.3 is 5.11 Å². The number of rotatable bonds is 3. The third kappa shape index (κ3) is 3.22. The Kier molecular flexibility index (Phi) is 4.50. The second-order valence-electron chi connectivity index (χ2n) is 4.58. The van der Waals surface area contributed by atoms with Gasteiger partial charge in [0.25, 0.3) is 0 Å². The molecule has 0 saturated heterocycles. The highest BCUT2D eigenvalue weighted by Crippen LogP contribution is 2.27. The molecule has 1 atom stereocenters. The lowest BCUT2D eigenvalue weighted by Crippen LogP contribution is -2.06. The average molecular weight is 345 g/mol. The van der Waals surface area contributed by atoms with Crippen LogP contribution in [-0.4, -0.2) is 5.11 Å². The zero-order valence-corrected chi connectivity index (χ0v) is 12.2. The van der Waals surface area contributed by atoms with Crippen LogP contribution in [-0.2, 0) is 6.42 Å². The van der Waals surface area contributed by atoms with E-state index in [4.69, 9.17) is 0 Å². The third-order valence-electron chi connectivity index (χ3n) is 3.06. The number of hydrogen-bond acceptors (Lipinski definition) is 1. The van der Waals surface area contributed by atoms with Crippen molar-refractivity contribution in [2.75, 3.05) is 0 Å². The SMILES string of the molecule is Cc1cc(C(O)Cc2cc(F)ccc2Br)c(F)cc1F. The van der Waals surface area contributed by atoms with Crippen molar-refractivity contribution < 1.29 is 18.3 Å². The third-order valence-corrected chi connectivity index (χ3v) is 3.83. The normalized spacial score (nSPS) is 12.5. The maximum Gasteiger partial charge on any atom is 0.131 e. The molecule has 1 N–H and O–H groups in total. The van der Waals surface area contributed by atoms with Crippen LogP contribution in [0.1, 0.15) is 22.8 Å². The van der Waals surface area contributed by atoms with Crippen LogP contribution in [0.25, 0.3) is 0 Å². The molecule has 0 spiro atoms. The minimum Gasteiger partial charge on any atom is -0.388 e. The van der Waals surface area contributed by atoms with Crippen LogP contribution in [0.15, 0.2) is 34.8 Å². The van der Waals surface area contributed by atoms with Crippen molar-refractivity contribution in [1.82, 2.24) is 0 Å². The van der Waals surface area contributed by atoms with Crippen LogP contribution >= 0.6 is 15.9 Å². The van der Waals surface area contributed by atoms with Crippen molar-refractivity contribution >= 4 is 15.9 Å². The molecular formula is C15H12BrF3O. The molecule has 0 bridgehead atoms. The molecule has 1 nitrogen and oxygen atoms in total. The summed E-state index contributed by atoms with van der Waals surface area (Å²) >= 11 is 3.24. The summed E-state index contributed by atoms with van der Waals surface area (Å²) in [6.07, 6.45) is -1.15. The number of halogens is 4. The largest absolute Gasteiger partial charge is 0.388 e. The number of aryl methyl sites for hydroxylation is 1. The highest BCUT2D eigenvalue weighted by Gasteiger charge is 2.17. The summed E-state index contributed by atoms with van der Waals surface area (Å²) in [5.41, 5.74) is 0.762. The van der Waals surface area contributed by atoms with Gasteiger partial charge in [-0.05, 0) is 42.3 Å². The van der Waals surface area contributed by atoms with Crippen molar-refractivity contribution in [3.05, 3.63) is 68.9 Å². The first-order chi connectivity index (χ1) is 9.38. The number of benzene rings is 2. The van der Waals surface area contributed by atoms with Crippen LogP contribution in [0.4, 0.5) is 13.2 Å². The Morgan fingerprint density at radius 3 is 2.50 bits per heavy atom. The van der Waals surface area contributed by atoms with E-state index < -0.39 is 23.6 Å². The second kappa shape index (κ2) is 5.97. The van der Waals surface area contributed by atoms with Gasteiger partial charge in [-0.3, -0.25) is 0 Å². The molecule has 0 aliphatic heterocycles. The number of aliphatic hydroxyl groups excluding tert-OH is 1. The van der Waals surface area contributed by atoms with Crippen LogP contribution in [0.2, 0.25) is 0 Å². The van der Waals surface area contributed by atoms with Gasteiger partial charge in [0.1, 0.15) is 17.5 Å². The molecule has 0 fully saturated rings. The second-order valence-corrected chi connectivity index (χ2v) is 5.43. The maximum absolute atomic E-state index is 13.7. The van der Waals surface area contributed by atoms with Gasteiger partial charge in [0, 0.05) is 22.5 Å². The fourth-order valence-corrected chi connectivity index (χ4v) is 2.36. The standard InChI is InChI=1S/C15H12BrF3O/c1-8-4-11(14(19)7-13(8)18)15(20)6-9-5-10(17)2-3-12(9)16/h2-5,7,15,20H,6H2,1H3. The zero-order valence-electron chi connectivity index (χ0n) is 10.6. The van der Waals surface area contributed by atoms with E-state index in [0.29, 0.717) is 10.0 Å². The number of hydrogen-bond donors (Lipinski definition) is 1. The van der Waals surface area contributed by atoms with Gasteiger partial charge in [-0.15, -0.1) is 0 Å². The topological polar surface area (TPSA) is 20.2 Å². The summed E-state index contributed by atoms with van der Waals surface area (Å²) < 4.78 is 40.7. The van der Waals surface area contributed by atoms with Gasteiger partial charge >= 0.3 is 0 Å². The lowest BCUT2D eigenvalue weighted by atomic mass is 9.99. The fourth-order valence-electron chi connectivity index (χ4n) is 1.95. The fraction of sp³-hybridized carbons (Fsp3) is 0.200. The molecule has 2 rings (SSSR count). The van der Waals surface area contributed by atoms with Gasteiger partial charge in [-0.2, -0.15) is 0 Å². The molecule has 2 aromatic rings. The molecule has 106 valence electrons. The molecule has 5 heteroatoms. The van der Waals surface area contributed by atoms with Crippen molar-refractivity contribution in [1.29, 1.82) is 0 Å². The molecule has 0 saturated carbocycles. The Morgan fingerprint density at radius 1 is 1.10 bits per heavy atom. The molecule has 0 aromatic heterocycles. The minimum absolute atomic E-state index is 0.0000567. The predicted molar refractivity (Wildman–Crippen MR) is 73.9 cm³/mol. The van der Waals surface area contributed by atoms with Gasteiger partial charge in [0.15, 0.2) is 0 Å². The van der Waals surface area contributed by atoms with E-state index in [1.54, 1.807) is 0 Å². The molecular weight excluding hydrogens is 333 g/mol. The molecule has 0 heterocycles. The van der Waals surface area contributed by atoms with E-state index in [1.165, 1.54) is 31.2 Å². The Morgan fingerprint density at radius 2 is 1.80 bits per heavy atom. The van der Waals surface area contributed by atoms with E-state index in [0.717, 1.165) is 6.07 Å². The first-order valence-corrected chi connectivity index (χ1v) is 6.75. The van der Waals surface area contributed by atoms with E-state index in [1.807, 2.05) is 0 Å². The van der Waals surface area contributed by atoms with Gasteiger partial charge in [0.2, 0.25) is 0 Å². The lowest BCUT2D eigenvalue weighted by molar-refractivity contribution is 0.173. The van der Waals surface area contributed by atoms with Crippen molar-refractivity contribution in [2.24, 2.45) is 0 Å². The monoisotopic (exact) mass is 344 g/mol. The first kappa shape index (κ1) is 15.1.